The number of hydrogen-bond donors (Lipinski definition) is 3. The summed E-state index contributed by atoms with van der Waals surface area (Å²) in [6, 6.07) is 14.1. The minimum Gasteiger partial charge on any atom is -0.324 e. The van der Waals surface area contributed by atoms with Gasteiger partial charge in [0.05, 0.1) is 16.7 Å². The van der Waals surface area contributed by atoms with Crippen molar-refractivity contribution in [2.24, 2.45) is 0 Å². The molecule has 2 aromatic carbocycles. The Kier molecular flexibility index (Phi) is 4.90. The highest BCUT2D eigenvalue weighted by Gasteiger charge is 2.12. The lowest BCUT2D eigenvalue weighted by molar-refractivity contribution is 0.102. The number of imidazole rings is 1. The molecule has 0 aliphatic rings. The van der Waals surface area contributed by atoms with E-state index in [1.165, 1.54) is 0 Å². The van der Waals surface area contributed by atoms with Crippen molar-refractivity contribution < 1.29 is 4.79 Å². The van der Waals surface area contributed by atoms with Gasteiger partial charge in [-0.3, -0.25) is 4.79 Å². The first-order valence-corrected chi connectivity index (χ1v) is 9.20. The van der Waals surface area contributed by atoms with Crippen LogP contribution in [0.25, 0.3) is 11.0 Å². The predicted molar refractivity (Wildman–Crippen MR) is 113 cm³/mol. The van der Waals surface area contributed by atoms with Crippen molar-refractivity contribution in [3.05, 3.63) is 76.0 Å². The van der Waals surface area contributed by atoms with Gasteiger partial charge >= 0.3 is 0 Å². The van der Waals surface area contributed by atoms with Gasteiger partial charge in [0.15, 0.2) is 5.15 Å². The molecule has 2 aromatic heterocycles. The molecule has 8 heteroatoms. The molecule has 4 aromatic rings. The number of H-pyrrole nitrogens is 1. The van der Waals surface area contributed by atoms with Gasteiger partial charge in [-0.05, 0) is 55.0 Å². The Hall–Kier alpha value is -3.09. The number of halogens is 2. The summed E-state index contributed by atoms with van der Waals surface area (Å²) < 4.78 is 0. The number of benzene rings is 2. The fourth-order valence-electron chi connectivity index (χ4n) is 2.77. The van der Waals surface area contributed by atoms with Crippen molar-refractivity contribution in [3.63, 3.8) is 0 Å². The standard InChI is InChI=1S/C20H15Cl2N5O/c1-11-7-8-23-18(22)17(11)27-20-25-15-6-5-12(9-16(15)26-20)19(28)24-14-4-2-3-13(21)10-14/h2-10H,1H3,(H,24,28)(H2,25,26,27). The van der Waals surface area contributed by atoms with Crippen LogP contribution in [0, 0.1) is 6.92 Å². The maximum Gasteiger partial charge on any atom is 0.255 e. The molecular formula is C20H15Cl2N5O. The highest BCUT2D eigenvalue weighted by molar-refractivity contribution is 6.32. The molecule has 0 fully saturated rings. The van der Waals surface area contributed by atoms with E-state index in [0.29, 0.717) is 33.1 Å². The SMILES string of the molecule is Cc1ccnc(Cl)c1Nc1nc2ccc(C(=O)Nc3cccc(Cl)c3)cc2[nH]1. The second-order valence-electron chi connectivity index (χ2n) is 6.20. The maximum absolute atomic E-state index is 12.5. The first-order chi connectivity index (χ1) is 13.5. The highest BCUT2D eigenvalue weighted by atomic mass is 35.5. The van der Waals surface area contributed by atoms with Crippen LogP contribution in [0.1, 0.15) is 15.9 Å². The van der Waals surface area contributed by atoms with Gasteiger partial charge in [-0.25, -0.2) is 9.97 Å². The predicted octanol–water partition coefficient (Wildman–Crippen LogP) is 5.57. The van der Waals surface area contributed by atoms with Crippen molar-refractivity contribution >= 4 is 57.5 Å². The zero-order chi connectivity index (χ0) is 19.7. The average molecular weight is 412 g/mol. The van der Waals surface area contributed by atoms with Crippen LogP contribution in [0.15, 0.2) is 54.7 Å². The minimum absolute atomic E-state index is 0.237. The quantitative estimate of drug-likeness (QED) is 0.383. The minimum atomic E-state index is -0.237. The van der Waals surface area contributed by atoms with Crippen molar-refractivity contribution in [2.75, 3.05) is 10.6 Å². The van der Waals surface area contributed by atoms with Gasteiger partial charge in [0.1, 0.15) is 0 Å². The number of pyridine rings is 1. The van der Waals surface area contributed by atoms with Crippen LogP contribution in [0.3, 0.4) is 0 Å². The highest BCUT2D eigenvalue weighted by Crippen LogP contribution is 2.27. The Balaban J connectivity index is 1.58. The second kappa shape index (κ2) is 7.50. The molecule has 0 saturated carbocycles. The summed E-state index contributed by atoms with van der Waals surface area (Å²) in [7, 11) is 0. The third kappa shape index (κ3) is 3.78. The third-order valence-electron chi connectivity index (χ3n) is 4.18. The number of nitrogens with one attached hydrogen (secondary N) is 3. The summed E-state index contributed by atoms with van der Waals surface area (Å²) in [6.07, 6.45) is 1.65. The smallest absolute Gasteiger partial charge is 0.255 e. The number of hydrogen-bond acceptors (Lipinski definition) is 4. The Morgan fingerprint density at radius 3 is 2.75 bits per heavy atom. The topological polar surface area (TPSA) is 82.7 Å². The van der Waals surface area contributed by atoms with Crippen LogP contribution in [-0.4, -0.2) is 20.9 Å². The zero-order valence-electron chi connectivity index (χ0n) is 14.8. The molecular weight excluding hydrogens is 397 g/mol. The number of carbonyl (C=O) groups excluding carboxylic acids is 1. The van der Waals surface area contributed by atoms with Gasteiger partial charge in [0, 0.05) is 22.5 Å². The number of amides is 1. The molecule has 0 unspecified atom stereocenters. The van der Waals surface area contributed by atoms with Gasteiger partial charge in [-0.15, -0.1) is 0 Å². The molecule has 6 nitrogen and oxygen atoms in total. The van der Waals surface area contributed by atoms with Crippen LogP contribution >= 0.6 is 23.2 Å². The van der Waals surface area contributed by atoms with Gasteiger partial charge in [0.2, 0.25) is 5.95 Å². The van der Waals surface area contributed by atoms with Crippen molar-refractivity contribution in [2.45, 2.75) is 6.92 Å². The average Bonchev–Trinajstić information content (AvgIpc) is 3.06. The van der Waals surface area contributed by atoms with Gasteiger partial charge in [-0.1, -0.05) is 29.3 Å². The van der Waals surface area contributed by atoms with Crippen molar-refractivity contribution in [1.82, 2.24) is 15.0 Å². The van der Waals surface area contributed by atoms with E-state index in [-0.39, 0.29) is 5.91 Å². The molecule has 0 aliphatic carbocycles. The molecule has 0 atom stereocenters. The van der Waals surface area contributed by atoms with E-state index in [0.717, 1.165) is 16.6 Å². The number of carbonyl (C=O) groups is 1. The second-order valence-corrected chi connectivity index (χ2v) is 6.99. The molecule has 2 heterocycles. The zero-order valence-corrected chi connectivity index (χ0v) is 16.3. The molecule has 140 valence electrons. The van der Waals surface area contributed by atoms with Gasteiger partial charge in [0.25, 0.3) is 5.91 Å². The summed E-state index contributed by atoms with van der Waals surface area (Å²) in [6.45, 7) is 1.93. The first kappa shape index (κ1) is 18.3. The maximum atomic E-state index is 12.5. The summed E-state index contributed by atoms with van der Waals surface area (Å²) >= 11 is 12.1. The fourth-order valence-corrected chi connectivity index (χ4v) is 3.22. The lowest BCUT2D eigenvalue weighted by Gasteiger charge is -2.07. The van der Waals surface area contributed by atoms with E-state index in [1.54, 1.807) is 48.7 Å². The van der Waals surface area contributed by atoms with Crippen LogP contribution in [0.4, 0.5) is 17.3 Å². The molecule has 1 amide bonds. The van der Waals surface area contributed by atoms with Crippen molar-refractivity contribution in [1.29, 1.82) is 0 Å². The number of nitrogens with zero attached hydrogens (tertiary/aromatic N) is 2. The normalized spacial score (nSPS) is 10.8. The van der Waals surface area contributed by atoms with Crippen LogP contribution < -0.4 is 10.6 Å². The summed E-state index contributed by atoms with van der Waals surface area (Å²) in [5, 5.41) is 6.89. The largest absolute Gasteiger partial charge is 0.324 e. The van der Waals surface area contributed by atoms with Crippen LogP contribution in [-0.2, 0) is 0 Å². The van der Waals surface area contributed by atoms with Gasteiger partial charge < -0.3 is 15.6 Å². The number of aryl methyl sites for hydroxylation is 1. The summed E-state index contributed by atoms with van der Waals surface area (Å²) in [4.78, 5) is 24.2. The van der Waals surface area contributed by atoms with E-state index in [1.807, 2.05) is 13.0 Å². The lowest BCUT2D eigenvalue weighted by atomic mass is 10.2. The Morgan fingerprint density at radius 2 is 1.96 bits per heavy atom. The number of aromatic nitrogens is 3. The van der Waals surface area contributed by atoms with E-state index < -0.39 is 0 Å². The van der Waals surface area contributed by atoms with Crippen LogP contribution in [0.2, 0.25) is 10.2 Å². The molecule has 0 spiro atoms. The number of rotatable bonds is 4. The summed E-state index contributed by atoms with van der Waals surface area (Å²) in [5.41, 5.74) is 4.20. The Bertz CT molecular complexity index is 1170. The fraction of sp³-hybridized carbons (Fsp3) is 0.0500. The molecule has 0 aliphatic heterocycles. The Morgan fingerprint density at radius 1 is 1.11 bits per heavy atom. The number of fused-ring (bicyclic) bond motifs is 1. The van der Waals surface area contributed by atoms with Gasteiger partial charge in [-0.2, -0.15) is 0 Å². The van der Waals surface area contributed by atoms with Crippen LogP contribution in [0.5, 0.6) is 0 Å². The lowest BCUT2D eigenvalue weighted by Crippen LogP contribution is -2.11. The van der Waals surface area contributed by atoms with Crippen molar-refractivity contribution in [3.8, 4) is 0 Å². The molecule has 0 bridgehead atoms. The molecule has 3 N–H and O–H groups in total. The van der Waals surface area contributed by atoms with E-state index in [4.69, 9.17) is 23.2 Å². The number of anilines is 3. The Labute approximate surface area is 170 Å². The van der Waals surface area contributed by atoms with E-state index >= 15 is 0 Å². The van der Waals surface area contributed by atoms with E-state index in [9.17, 15) is 4.79 Å². The third-order valence-corrected chi connectivity index (χ3v) is 4.70. The summed E-state index contributed by atoms with van der Waals surface area (Å²) in [5.74, 6) is 0.278. The van der Waals surface area contributed by atoms with E-state index in [2.05, 4.69) is 25.6 Å². The molecule has 0 radical (unpaired) electrons. The molecule has 28 heavy (non-hydrogen) atoms. The first-order valence-electron chi connectivity index (χ1n) is 8.44. The monoisotopic (exact) mass is 411 g/mol. The molecule has 4 rings (SSSR count). The number of aromatic amines is 1. The molecule has 0 saturated heterocycles.